The monoisotopic (exact) mass is 303 g/mol. The largest absolute Gasteiger partial charge is 0.431 e. The lowest BCUT2D eigenvalue weighted by Crippen LogP contribution is -2.01. The number of oxazole rings is 1. The summed E-state index contributed by atoms with van der Waals surface area (Å²) < 4.78 is 5.55. The molecule has 2 aromatic carbocycles. The van der Waals surface area contributed by atoms with Crippen LogP contribution in [0.5, 0.6) is 0 Å². The maximum atomic E-state index is 12.0. The maximum Gasteiger partial charge on any atom is 0.257 e. The Morgan fingerprint density at radius 2 is 1.90 bits per heavy atom. The molecule has 0 aliphatic carbocycles. The highest BCUT2D eigenvalue weighted by atomic mass is 35.5. The van der Waals surface area contributed by atoms with Crippen molar-refractivity contribution < 1.29 is 9.21 Å². The molecule has 0 amide bonds. The first-order valence-corrected chi connectivity index (χ1v) is 7.36. The smallest absolute Gasteiger partial charge is 0.257 e. The van der Waals surface area contributed by atoms with Gasteiger partial charge in [-0.2, -0.15) is 0 Å². The normalized spacial score (nSPS) is 10.8. The topological polar surface area (TPSA) is 43.1 Å². The number of fused-ring (bicyclic) bond motifs is 1. The molecule has 0 saturated carbocycles. The van der Waals surface area contributed by atoms with Gasteiger partial charge >= 0.3 is 0 Å². The summed E-state index contributed by atoms with van der Waals surface area (Å²) in [6.45, 7) is 0. The lowest BCUT2D eigenvalue weighted by atomic mass is 10.1. The highest BCUT2D eigenvalue weighted by molar-refractivity contribution is 7.99. The lowest BCUT2D eigenvalue weighted by Gasteiger charge is -1.98. The molecule has 0 aliphatic heterocycles. The van der Waals surface area contributed by atoms with Gasteiger partial charge in [0.2, 0.25) is 0 Å². The first-order valence-electron chi connectivity index (χ1n) is 5.99. The molecule has 20 heavy (non-hydrogen) atoms. The van der Waals surface area contributed by atoms with Crippen LogP contribution in [0.25, 0.3) is 11.1 Å². The number of nitrogens with zero attached hydrogens (tertiary/aromatic N) is 1. The van der Waals surface area contributed by atoms with E-state index in [1.165, 1.54) is 11.8 Å². The number of Topliss-reactive ketones (excluding diaryl/α,β-unsaturated/α-hetero) is 1. The van der Waals surface area contributed by atoms with E-state index in [1.807, 2.05) is 24.3 Å². The van der Waals surface area contributed by atoms with E-state index in [4.69, 9.17) is 16.0 Å². The van der Waals surface area contributed by atoms with Crippen molar-refractivity contribution in [2.24, 2.45) is 0 Å². The summed E-state index contributed by atoms with van der Waals surface area (Å²) in [4.78, 5) is 16.3. The Morgan fingerprint density at radius 3 is 2.65 bits per heavy atom. The Kier molecular flexibility index (Phi) is 3.76. The van der Waals surface area contributed by atoms with E-state index in [9.17, 15) is 4.79 Å². The molecule has 0 N–H and O–H groups in total. The van der Waals surface area contributed by atoms with Crippen molar-refractivity contribution in [2.45, 2.75) is 5.22 Å². The average Bonchev–Trinajstić information content (AvgIpc) is 2.88. The molecule has 3 nitrogen and oxygen atoms in total. The highest BCUT2D eigenvalue weighted by Gasteiger charge is 2.10. The zero-order valence-electron chi connectivity index (χ0n) is 10.4. The van der Waals surface area contributed by atoms with E-state index in [0.717, 1.165) is 11.1 Å². The molecular weight excluding hydrogens is 294 g/mol. The van der Waals surface area contributed by atoms with Gasteiger partial charge in [0.25, 0.3) is 5.22 Å². The Labute approximate surface area is 125 Å². The Morgan fingerprint density at radius 1 is 1.15 bits per heavy atom. The minimum atomic E-state index is 0.0222. The third-order valence-corrected chi connectivity index (χ3v) is 3.85. The third-order valence-electron chi connectivity index (χ3n) is 2.77. The molecule has 3 aromatic rings. The summed E-state index contributed by atoms with van der Waals surface area (Å²) in [5.74, 6) is 0.308. The first-order chi connectivity index (χ1) is 9.72. The van der Waals surface area contributed by atoms with Crippen LogP contribution in [0.1, 0.15) is 10.4 Å². The second-order valence-electron chi connectivity index (χ2n) is 4.17. The maximum absolute atomic E-state index is 12.0. The number of aromatic nitrogens is 1. The zero-order chi connectivity index (χ0) is 13.9. The number of halogens is 1. The molecule has 0 fully saturated rings. The number of rotatable bonds is 4. The number of carbonyl (C=O) groups is 1. The van der Waals surface area contributed by atoms with Crippen molar-refractivity contribution >= 4 is 40.2 Å². The van der Waals surface area contributed by atoms with Crippen molar-refractivity contribution in [1.29, 1.82) is 0 Å². The van der Waals surface area contributed by atoms with E-state index in [0.29, 0.717) is 15.8 Å². The SMILES string of the molecule is O=C(CSc1nc2ccccc2o1)c1ccc(Cl)cc1. The van der Waals surface area contributed by atoms with Gasteiger partial charge in [-0.05, 0) is 36.4 Å². The fourth-order valence-corrected chi connectivity index (χ4v) is 2.62. The molecule has 5 heteroatoms. The molecule has 1 aromatic heterocycles. The van der Waals surface area contributed by atoms with Crippen LogP contribution in [-0.2, 0) is 0 Å². The molecule has 0 unspecified atom stereocenters. The van der Waals surface area contributed by atoms with Crippen LogP contribution in [0.2, 0.25) is 5.02 Å². The van der Waals surface area contributed by atoms with Crippen LogP contribution in [-0.4, -0.2) is 16.5 Å². The van der Waals surface area contributed by atoms with Gasteiger partial charge in [0.15, 0.2) is 11.4 Å². The Bertz CT molecular complexity index is 719. The molecule has 0 aliphatic rings. The van der Waals surface area contributed by atoms with Gasteiger partial charge in [-0.25, -0.2) is 4.98 Å². The van der Waals surface area contributed by atoms with Crippen LogP contribution >= 0.6 is 23.4 Å². The van der Waals surface area contributed by atoms with Gasteiger partial charge in [-0.3, -0.25) is 4.79 Å². The first kappa shape index (κ1) is 13.2. The fourth-order valence-electron chi connectivity index (χ4n) is 1.76. The molecule has 0 saturated heterocycles. The number of hydrogen-bond donors (Lipinski definition) is 0. The second-order valence-corrected chi connectivity index (χ2v) is 5.53. The van der Waals surface area contributed by atoms with Crippen molar-refractivity contribution in [3.63, 3.8) is 0 Å². The van der Waals surface area contributed by atoms with Crippen LogP contribution in [0.4, 0.5) is 0 Å². The number of hydrogen-bond acceptors (Lipinski definition) is 4. The summed E-state index contributed by atoms with van der Waals surface area (Å²) in [7, 11) is 0. The Balaban J connectivity index is 1.69. The number of ketones is 1. The predicted octanol–water partition coefficient (Wildman–Crippen LogP) is 4.46. The number of para-hydroxylation sites is 2. The fraction of sp³-hybridized carbons (Fsp3) is 0.0667. The highest BCUT2D eigenvalue weighted by Crippen LogP contribution is 2.24. The van der Waals surface area contributed by atoms with Gasteiger partial charge in [-0.15, -0.1) is 0 Å². The van der Waals surface area contributed by atoms with Crippen molar-refractivity contribution in [3.8, 4) is 0 Å². The average molecular weight is 304 g/mol. The van der Waals surface area contributed by atoms with Gasteiger partial charge in [0.1, 0.15) is 5.52 Å². The molecule has 0 atom stereocenters. The van der Waals surface area contributed by atoms with Crippen LogP contribution < -0.4 is 0 Å². The summed E-state index contributed by atoms with van der Waals surface area (Å²) >= 11 is 7.09. The molecule has 0 radical (unpaired) electrons. The van der Waals surface area contributed by atoms with E-state index < -0.39 is 0 Å². The van der Waals surface area contributed by atoms with Crippen molar-refractivity contribution in [1.82, 2.24) is 4.98 Å². The van der Waals surface area contributed by atoms with Gasteiger partial charge in [0.05, 0.1) is 5.75 Å². The van der Waals surface area contributed by atoms with E-state index >= 15 is 0 Å². The van der Waals surface area contributed by atoms with Crippen LogP contribution in [0.15, 0.2) is 58.2 Å². The summed E-state index contributed by atoms with van der Waals surface area (Å²) in [5, 5.41) is 1.13. The standard InChI is InChI=1S/C15H10ClNO2S/c16-11-7-5-10(6-8-11)13(18)9-20-15-17-12-3-1-2-4-14(12)19-15/h1-8H,9H2. The minimum Gasteiger partial charge on any atom is -0.431 e. The number of thioether (sulfide) groups is 1. The van der Waals surface area contributed by atoms with Crippen LogP contribution in [0, 0.1) is 0 Å². The molecular formula is C15H10ClNO2S. The van der Waals surface area contributed by atoms with Gasteiger partial charge in [0, 0.05) is 10.6 Å². The van der Waals surface area contributed by atoms with E-state index in [1.54, 1.807) is 24.3 Å². The van der Waals surface area contributed by atoms with E-state index in [-0.39, 0.29) is 11.5 Å². The van der Waals surface area contributed by atoms with Gasteiger partial charge < -0.3 is 4.42 Å². The molecule has 0 spiro atoms. The summed E-state index contributed by atoms with van der Waals surface area (Å²) in [5.41, 5.74) is 2.17. The number of carbonyl (C=O) groups excluding carboxylic acids is 1. The van der Waals surface area contributed by atoms with Crippen molar-refractivity contribution in [3.05, 3.63) is 59.1 Å². The zero-order valence-corrected chi connectivity index (χ0v) is 11.9. The molecule has 100 valence electrons. The lowest BCUT2D eigenvalue weighted by molar-refractivity contribution is 0.102. The molecule has 1 heterocycles. The molecule has 3 rings (SSSR count). The summed E-state index contributed by atoms with van der Waals surface area (Å²) in [6.07, 6.45) is 0. The number of benzene rings is 2. The van der Waals surface area contributed by atoms with Gasteiger partial charge in [-0.1, -0.05) is 35.5 Å². The quantitative estimate of drug-likeness (QED) is 0.527. The molecule has 0 bridgehead atoms. The predicted molar refractivity (Wildman–Crippen MR) is 80.5 cm³/mol. The van der Waals surface area contributed by atoms with Crippen molar-refractivity contribution in [2.75, 3.05) is 5.75 Å². The third kappa shape index (κ3) is 2.86. The van der Waals surface area contributed by atoms with E-state index in [2.05, 4.69) is 4.98 Å². The second kappa shape index (κ2) is 5.69. The summed E-state index contributed by atoms with van der Waals surface area (Å²) in [6, 6.07) is 14.4. The minimum absolute atomic E-state index is 0.0222. The Hall–Kier alpha value is -1.78. The van der Waals surface area contributed by atoms with Crippen LogP contribution in [0.3, 0.4) is 0 Å².